The molecule has 0 bridgehead atoms. The van der Waals surface area contributed by atoms with Crippen molar-refractivity contribution in [3.8, 4) is 0 Å². The number of nitrogens with one attached hydrogen (secondary N) is 1. The quantitative estimate of drug-likeness (QED) is 0.925. The number of hydrogen-bond donors (Lipinski definition) is 1. The van der Waals surface area contributed by atoms with E-state index in [2.05, 4.69) is 20.6 Å². The van der Waals surface area contributed by atoms with E-state index < -0.39 is 11.7 Å². The van der Waals surface area contributed by atoms with Crippen LogP contribution in [0.25, 0.3) is 0 Å². The average molecular weight is 345 g/mol. The highest BCUT2D eigenvalue weighted by Gasteiger charge is 2.21. The summed E-state index contributed by atoms with van der Waals surface area (Å²) >= 11 is 1.57. The number of ether oxygens (including phenoxy) is 1. The molecule has 0 saturated heterocycles. The number of thioether (sulfide) groups is 1. The van der Waals surface area contributed by atoms with Crippen LogP contribution in [0, 0.1) is 0 Å². The summed E-state index contributed by atoms with van der Waals surface area (Å²) in [6.45, 7) is 5.66. The molecule has 0 aliphatic carbocycles. The Morgan fingerprint density at radius 1 is 1.29 bits per heavy atom. The third-order valence-corrected chi connectivity index (χ3v) is 4.06. The zero-order valence-electron chi connectivity index (χ0n) is 13.8. The maximum atomic E-state index is 11.8. The van der Waals surface area contributed by atoms with E-state index in [1.807, 2.05) is 51.1 Å². The fourth-order valence-electron chi connectivity index (χ4n) is 2.12. The summed E-state index contributed by atoms with van der Waals surface area (Å²) in [6, 6.07) is 9.98. The second-order valence-electron chi connectivity index (χ2n) is 6.27. The van der Waals surface area contributed by atoms with Gasteiger partial charge in [-0.3, -0.25) is 0 Å². The van der Waals surface area contributed by atoms with Crippen molar-refractivity contribution >= 4 is 23.6 Å². The van der Waals surface area contributed by atoms with Gasteiger partial charge in [-0.2, -0.15) is 9.78 Å². The normalized spacial score (nSPS) is 13.9. The van der Waals surface area contributed by atoms with E-state index in [-0.39, 0.29) is 6.54 Å². The first-order valence-corrected chi connectivity index (χ1v) is 8.58. The number of aromatic nitrogens is 3. The number of carbonyl (C=O) groups is 1. The van der Waals surface area contributed by atoms with Crippen LogP contribution in [-0.4, -0.2) is 38.0 Å². The molecule has 1 N–H and O–H groups in total. The molecule has 1 aliphatic heterocycles. The molecule has 8 heteroatoms. The minimum Gasteiger partial charge on any atom is -0.444 e. The number of hydrogen-bond acceptors (Lipinski definition) is 6. The number of fused-ring (bicyclic) bond motifs is 1. The fraction of sp³-hybridized carbons (Fsp3) is 0.375. The Balaban J connectivity index is 1.74. The van der Waals surface area contributed by atoms with Gasteiger partial charge in [-0.1, -0.05) is 42.1 Å². The van der Waals surface area contributed by atoms with Gasteiger partial charge in [0.2, 0.25) is 5.16 Å². The predicted molar refractivity (Wildman–Crippen MR) is 92.2 cm³/mol. The average Bonchev–Trinajstić information content (AvgIpc) is 2.94. The molecule has 2 heterocycles. The van der Waals surface area contributed by atoms with Crippen molar-refractivity contribution in [3.63, 3.8) is 0 Å². The Kier molecular flexibility index (Phi) is 4.57. The monoisotopic (exact) mass is 345 g/mol. The van der Waals surface area contributed by atoms with Crippen molar-refractivity contribution in [1.82, 2.24) is 20.2 Å². The van der Waals surface area contributed by atoms with Crippen LogP contribution in [0.1, 0.15) is 32.2 Å². The molecule has 1 aliphatic rings. The molecule has 7 nitrogen and oxygen atoms in total. The number of benzene rings is 1. The number of amides is 1. The van der Waals surface area contributed by atoms with Gasteiger partial charge in [0.25, 0.3) is 0 Å². The van der Waals surface area contributed by atoms with Crippen molar-refractivity contribution in [3.05, 3.63) is 41.7 Å². The Bertz CT molecular complexity index is 765. The molecule has 0 spiro atoms. The van der Waals surface area contributed by atoms with Crippen LogP contribution < -0.4 is 5.32 Å². The van der Waals surface area contributed by atoms with Gasteiger partial charge in [0.1, 0.15) is 5.60 Å². The summed E-state index contributed by atoms with van der Waals surface area (Å²) in [5, 5.41) is 16.2. The van der Waals surface area contributed by atoms with E-state index in [1.54, 1.807) is 16.4 Å². The zero-order valence-corrected chi connectivity index (χ0v) is 14.6. The third-order valence-electron chi connectivity index (χ3n) is 3.13. The highest BCUT2D eigenvalue weighted by Crippen LogP contribution is 2.23. The largest absolute Gasteiger partial charge is 0.444 e. The molecule has 1 amide bonds. The fourth-order valence-corrected chi connectivity index (χ4v) is 2.97. The number of rotatable bonds is 3. The van der Waals surface area contributed by atoms with E-state index in [4.69, 9.17) is 4.74 Å². The zero-order chi connectivity index (χ0) is 17.2. The van der Waals surface area contributed by atoms with Crippen molar-refractivity contribution in [1.29, 1.82) is 0 Å². The summed E-state index contributed by atoms with van der Waals surface area (Å²) in [7, 11) is 0. The molecule has 3 rings (SSSR count). The van der Waals surface area contributed by atoms with Gasteiger partial charge in [-0.25, -0.2) is 4.79 Å². The lowest BCUT2D eigenvalue weighted by Crippen LogP contribution is -2.32. The molecule has 1 aromatic heterocycles. The predicted octanol–water partition coefficient (Wildman–Crippen LogP) is 2.66. The van der Waals surface area contributed by atoms with E-state index in [9.17, 15) is 4.79 Å². The Morgan fingerprint density at radius 3 is 2.75 bits per heavy atom. The maximum Gasteiger partial charge on any atom is 0.408 e. The summed E-state index contributed by atoms with van der Waals surface area (Å²) in [5.41, 5.74) is 1.48. The molecular weight excluding hydrogens is 326 g/mol. The third kappa shape index (κ3) is 3.94. The van der Waals surface area contributed by atoms with Crippen LogP contribution in [-0.2, 0) is 11.3 Å². The van der Waals surface area contributed by atoms with Crippen molar-refractivity contribution in [2.24, 2.45) is 5.10 Å². The van der Waals surface area contributed by atoms with E-state index >= 15 is 0 Å². The Labute approximate surface area is 144 Å². The second-order valence-corrected chi connectivity index (χ2v) is 7.21. The first-order valence-electron chi connectivity index (χ1n) is 7.59. The van der Waals surface area contributed by atoms with Crippen LogP contribution in [0.4, 0.5) is 4.79 Å². The summed E-state index contributed by atoms with van der Waals surface area (Å²) < 4.78 is 6.90. The van der Waals surface area contributed by atoms with Crippen LogP contribution in [0.15, 0.2) is 40.6 Å². The number of nitrogens with zero attached hydrogens (tertiary/aromatic N) is 4. The van der Waals surface area contributed by atoms with E-state index in [0.717, 1.165) is 22.2 Å². The first-order chi connectivity index (χ1) is 11.4. The molecule has 0 unspecified atom stereocenters. The van der Waals surface area contributed by atoms with Gasteiger partial charge in [-0.15, -0.1) is 10.2 Å². The van der Waals surface area contributed by atoms with Crippen LogP contribution in [0.3, 0.4) is 0 Å². The minimum absolute atomic E-state index is 0.202. The molecule has 0 fully saturated rings. The molecule has 24 heavy (non-hydrogen) atoms. The molecule has 0 saturated carbocycles. The molecule has 126 valence electrons. The van der Waals surface area contributed by atoms with E-state index in [0.29, 0.717) is 5.82 Å². The number of carbonyl (C=O) groups excluding carboxylic acids is 1. The van der Waals surface area contributed by atoms with Gasteiger partial charge in [0.15, 0.2) is 5.82 Å². The summed E-state index contributed by atoms with van der Waals surface area (Å²) in [4.78, 5) is 11.8. The maximum absolute atomic E-state index is 11.8. The van der Waals surface area contributed by atoms with Crippen molar-refractivity contribution in [2.75, 3.05) is 5.75 Å². The van der Waals surface area contributed by atoms with Crippen molar-refractivity contribution < 1.29 is 9.53 Å². The molecule has 0 radical (unpaired) electrons. The van der Waals surface area contributed by atoms with Crippen molar-refractivity contribution in [2.45, 2.75) is 38.1 Å². The minimum atomic E-state index is -0.539. The van der Waals surface area contributed by atoms with Gasteiger partial charge < -0.3 is 10.1 Å². The lowest BCUT2D eigenvalue weighted by Gasteiger charge is -2.19. The van der Waals surface area contributed by atoms with Crippen LogP contribution >= 0.6 is 11.8 Å². The number of alkyl carbamates (subject to hydrolysis) is 1. The lowest BCUT2D eigenvalue weighted by molar-refractivity contribution is 0.0521. The SMILES string of the molecule is CC(C)(C)OC(=O)NCc1nnc2n1N=C(c1ccccc1)CS2. The lowest BCUT2D eigenvalue weighted by atomic mass is 10.1. The molecule has 1 aromatic carbocycles. The smallest absolute Gasteiger partial charge is 0.408 e. The van der Waals surface area contributed by atoms with Gasteiger partial charge in [-0.05, 0) is 26.3 Å². The second kappa shape index (κ2) is 6.64. The molecule has 0 atom stereocenters. The Morgan fingerprint density at radius 2 is 2.04 bits per heavy atom. The van der Waals surface area contributed by atoms with E-state index in [1.165, 1.54) is 0 Å². The molecule has 2 aromatic rings. The first kappa shape index (κ1) is 16.5. The summed E-state index contributed by atoms with van der Waals surface area (Å²) in [6.07, 6.45) is -0.490. The van der Waals surface area contributed by atoms with Gasteiger partial charge >= 0.3 is 6.09 Å². The highest BCUT2D eigenvalue weighted by atomic mass is 32.2. The van der Waals surface area contributed by atoms with Gasteiger partial charge in [0.05, 0.1) is 12.3 Å². The highest BCUT2D eigenvalue weighted by molar-refractivity contribution is 7.99. The molecular formula is C16H19N5O2S. The topological polar surface area (TPSA) is 81.4 Å². The van der Waals surface area contributed by atoms with Crippen LogP contribution in [0.5, 0.6) is 0 Å². The van der Waals surface area contributed by atoms with Gasteiger partial charge in [0, 0.05) is 5.75 Å². The Hall–Kier alpha value is -2.35. The summed E-state index contributed by atoms with van der Waals surface area (Å²) in [5.74, 6) is 1.30. The standard InChI is InChI=1S/C16H19N5O2S/c1-16(2,3)23-15(22)17-9-13-18-19-14-21(13)20-12(10-24-14)11-7-5-4-6-8-11/h4-8H,9-10H2,1-3H3,(H,17,22). The van der Waals surface area contributed by atoms with Crippen LogP contribution in [0.2, 0.25) is 0 Å².